The van der Waals surface area contributed by atoms with Gasteiger partial charge in [0, 0.05) is 25.2 Å². The molecule has 2 heteroatoms. The maximum absolute atomic E-state index is 2.48. The Labute approximate surface area is 70.2 Å². The average molecular weight is 156 g/mol. The fourth-order valence-electron chi connectivity index (χ4n) is 2.06. The number of hydrogen-bond donors (Lipinski definition) is 0. The molecule has 0 aromatic heterocycles. The van der Waals surface area contributed by atoms with Crippen LogP contribution in [0.5, 0.6) is 0 Å². The third kappa shape index (κ3) is 1.57. The molecule has 0 aliphatic carbocycles. The molecule has 2 aliphatic rings. The Hall–Kier alpha value is -0.0800. The van der Waals surface area contributed by atoms with Crippen molar-refractivity contribution in [3.8, 4) is 0 Å². The largest absolute Gasteiger partial charge is 0.301 e. The number of piperazine rings is 1. The van der Waals surface area contributed by atoms with Gasteiger partial charge in [-0.05, 0) is 20.5 Å². The number of nitrogens with zero attached hydrogens (tertiary/aromatic N) is 2. The molecule has 2 rings (SSSR count). The highest BCUT2D eigenvalue weighted by atomic mass is 15.3. The van der Waals surface area contributed by atoms with Crippen molar-refractivity contribution in [1.29, 1.82) is 0 Å². The number of likely N-dealkylation sites (N-methyl/N-ethyl adjacent to an activating group) is 2. The summed E-state index contributed by atoms with van der Waals surface area (Å²) in [6.45, 7) is 6.59. The second kappa shape index (κ2) is 3.55. The van der Waals surface area contributed by atoms with E-state index in [2.05, 4.69) is 23.9 Å². The summed E-state index contributed by atoms with van der Waals surface area (Å²) >= 11 is 0. The van der Waals surface area contributed by atoms with E-state index in [0.717, 1.165) is 12.1 Å². The molecule has 2 aliphatic heterocycles. The first-order valence-electron chi connectivity index (χ1n) is 4.68. The van der Waals surface area contributed by atoms with Crippen LogP contribution < -0.4 is 0 Å². The topological polar surface area (TPSA) is 6.48 Å². The second-order valence-electron chi connectivity index (χ2n) is 3.42. The highest BCUT2D eigenvalue weighted by molar-refractivity contribution is 4.96. The molecule has 0 radical (unpaired) electrons. The molecule has 2 bridgehead atoms. The van der Waals surface area contributed by atoms with Crippen LogP contribution in [0.25, 0.3) is 0 Å². The van der Waals surface area contributed by atoms with Gasteiger partial charge in [-0.1, -0.05) is 13.8 Å². The summed E-state index contributed by atoms with van der Waals surface area (Å²) in [6, 6.07) is 1.75. The molecule has 0 saturated carbocycles. The van der Waals surface area contributed by atoms with Crippen molar-refractivity contribution in [2.75, 3.05) is 27.2 Å². The van der Waals surface area contributed by atoms with Gasteiger partial charge >= 0.3 is 0 Å². The molecule has 2 fully saturated rings. The summed E-state index contributed by atoms with van der Waals surface area (Å²) in [7, 11) is 4.47. The summed E-state index contributed by atoms with van der Waals surface area (Å²) in [5.41, 5.74) is 0. The lowest BCUT2D eigenvalue weighted by atomic mass is 10.2. The van der Waals surface area contributed by atoms with Crippen molar-refractivity contribution in [1.82, 2.24) is 9.80 Å². The monoisotopic (exact) mass is 156 g/mol. The van der Waals surface area contributed by atoms with Crippen LogP contribution in [-0.2, 0) is 0 Å². The smallest absolute Gasteiger partial charge is 0.0236 e. The zero-order valence-electron chi connectivity index (χ0n) is 8.17. The van der Waals surface area contributed by atoms with E-state index in [-0.39, 0.29) is 0 Å². The zero-order chi connectivity index (χ0) is 8.43. The molecule has 2 saturated heterocycles. The van der Waals surface area contributed by atoms with Gasteiger partial charge in [0.1, 0.15) is 0 Å². The molecule has 0 aromatic rings. The van der Waals surface area contributed by atoms with Gasteiger partial charge in [0.15, 0.2) is 0 Å². The van der Waals surface area contributed by atoms with Crippen LogP contribution in [0.1, 0.15) is 20.3 Å². The normalized spacial score (nSPS) is 37.1. The van der Waals surface area contributed by atoms with Gasteiger partial charge in [-0.3, -0.25) is 0 Å². The number of hydrogen-bond acceptors (Lipinski definition) is 2. The summed E-state index contributed by atoms with van der Waals surface area (Å²) in [5.74, 6) is 0. The van der Waals surface area contributed by atoms with E-state index >= 15 is 0 Å². The van der Waals surface area contributed by atoms with Gasteiger partial charge in [-0.25, -0.2) is 0 Å². The molecule has 11 heavy (non-hydrogen) atoms. The lowest BCUT2D eigenvalue weighted by molar-refractivity contribution is 0.176. The van der Waals surface area contributed by atoms with E-state index in [1.165, 1.54) is 19.5 Å². The van der Waals surface area contributed by atoms with Gasteiger partial charge in [-0.15, -0.1) is 0 Å². The fourth-order valence-corrected chi connectivity index (χ4v) is 2.06. The van der Waals surface area contributed by atoms with Gasteiger partial charge in [0.05, 0.1) is 0 Å². The van der Waals surface area contributed by atoms with Crippen LogP contribution >= 0.6 is 0 Å². The van der Waals surface area contributed by atoms with Crippen molar-refractivity contribution in [3.63, 3.8) is 0 Å². The van der Waals surface area contributed by atoms with Crippen molar-refractivity contribution in [3.05, 3.63) is 0 Å². The van der Waals surface area contributed by atoms with E-state index in [1.807, 2.05) is 13.8 Å². The number of fused-ring (bicyclic) bond motifs is 2. The lowest BCUT2D eigenvalue weighted by Gasteiger charge is -2.28. The van der Waals surface area contributed by atoms with Crippen molar-refractivity contribution in [2.24, 2.45) is 0 Å². The first-order chi connectivity index (χ1) is 5.27. The second-order valence-corrected chi connectivity index (χ2v) is 3.42. The molecule has 2 unspecified atom stereocenters. The quantitative estimate of drug-likeness (QED) is 0.517. The van der Waals surface area contributed by atoms with Crippen molar-refractivity contribution in [2.45, 2.75) is 32.4 Å². The van der Waals surface area contributed by atoms with E-state index in [1.54, 1.807) is 0 Å². The Bertz CT molecular complexity index is 107. The van der Waals surface area contributed by atoms with Gasteiger partial charge in [-0.2, -0.15) is 0 Å². The van der Waals surface area contributed by atoms with E-state index in [4.69, 9.17) is 0 Å². The zero-order valence-corrected chi connectivity index (χ0v) is 8.17. The Kier molecular flexibility index (Phi) is 2.90. The SMILES string of the molecule is CC.CN1CC2CC1CN2C. The number of rotatable bonds is 0. The molecular weight excluding hydrogens is 136 g/mol. The maximum Gasteiger partial charge on any atom is 0.0236 e. The fraction of sp³-hybridized carbons (Fsp3) is 1.00. The van der Waals surface area contributed by atoms with Crippen molar-refractivity contribution >= 4 is 0 Å². The molecule has 0 spiro atoms. The minimum atomic E-state index is 0.875. The van der Waals surface area contributed by atoms with Gasteiger partial charge in [0.25, 0.3) is 0 Å². The van der Waals surface area contributed by atoms with Crippen LogP contribution in [0.2, 0.25) is 0 Å². The molecule has 2 heterocycles. The summed E-state index contributed by atoms with van der Waals surface area (Å²) < 4.78 is 0. The molecular formula is C9H20N2. The highest BCUT2D eigenvalue weighted by Gasteiger charge is 2.38. The molecule has 0 aromatic carbocycles. The van der Waals surface area contributed by atoms with Crippen LogP contribution in [-0.4, -0.2) is 49.1 Å². The Morgan fingerprint density at radius 2 is 1.27 bits per heavy atom. The van der Waals surface area contributed by atoms with Crippen LogP contribution in [0.4, 0.5) is 0 Å². The molecule has 0 amide bonds. The molecule has 2 nitrogen and oxygen atoms in total. The van der Waals surface area contributed by atoms with E-state index in [0.29, 0.717) is 0 Å². The summed E-state index contributed by atoms with van der Waals surface area (Å²) in [6.07, 6.45) is 1.41. The third-order valence-corrected chi connectivity index (χ3v) is 2.79. The molecule has 0 N–H and O–H groups in total. The maximum atomic E-state index is 2.48. The summed E-state index contributed by atoms with van der Waals surface area (Å²) in [5, 5.41) is 0. The third-order valence-electron chi connectivity index (χ3n) is 2.79. The highest BCUT2D eigenvalue weighted by Crippen LogP contribution is 2.27. The standard InChI is InChI=1S/C7H14N2.C2H6/c1-8-4-7-3-6(8)5-9(7)2;1-2/h6-7H,3-5H2,1-2H3;1-2H3. The Morgan fingerprint density at radius 1 is 0.909 bits per heavy atom. The first-order valence-corrected chi connectivity index (χ1v) is 4.68. The summed E-state index contributed by atoms with van der Waals surface area (Å²) in [4.78, 5) is 4.95. The van der Waals surface area contributed by atoms with Gasteiger partial charge < -0.3 is 9.80 Å². The Balaban J connectivity index is 0.000000281. The minimum absolute atomic E-state index is 0.875. The lowest BCUT2D eigenvalue weighted by Crippen LogP contribution is -2.42. The van der Waals surface area contributed by atoms with E-state index < -0.39 is 0 Å². The van der Waals surface area contributed by atoms with Crippen LogP contribution in [0.15, 0.2) is 0 Å². The predicted molar refractivity (Wildman–Crippen MR) is 48.8 cm³/mol. The van der Waals surface area contributed by atoms with E-state index in [9.17, 15) is 0 Å². The minimum Gasteiger partial charge on any atom is -0.301 e. The first kappa shape index (κ1) is 9.01. The van der Waals surface area contributed by atoms with Crippen LogP contribution in [0.3, 0.4) is 0 Å². The molecule has 2 atom stereocenters. The van der Waals surface area contributed by atoms with Crippen LogP contribution in [0, 0.1) is 0 Å². The predicted octanol–water partition coefficient (Wildman–Crippen LogP) is 1.03. The Morgan fingerprint density at radius 3 is 1.45 bits per heavy atom. The van der Waals surface area contributed by atoms with Crippen molar-refractivity contribution < 1.29 is 0 Å². The molecule has 66 valence electrons. The average Bonchev–Trinajstić information content (AvgIpc) is 2.51. The number of likely N-dealkylation sites (tertiary alicyclic amines) is 2. The van der Waals surface area contributed by atoms with Gasteiger partial charge in [0.2, 0.25) is 0 Å².